The number of nitrogens with zero attached hydrogens (tertiary/aromatic N) is 1. The second-order valence-electron chi connectivity index (χ2n) is 5.11. The molecule has 21 heavy (non-hydrogen) atoms. The highest BCUT2D eigenvalue weighted by Gasteiger charge is 2.18. The van der Waals surface area contributed by atoms with E-state index in [0.29, 0.717) is 0 Å². The van der Waals surface area contributed by atoms with Crippen LogP contribution in [0.3, 0.4) is 0 Å². The molecule has 2 unspecified atom stereocenters. The Kier molecular flexibility index (Phi) is 5.76. The van der Waals surface area contributed by atoms with Gasteiger partial charge in [-0.3, -0.25) is 0 Å². The van der Waals surface area contributed by atoms with Crippen LogP contribution in [-0.4, -0.2) is 12.1 Å². The highest BCUT2D eigenvalue weighted by Crippen LogP contribution is 2.30. The fourth-order valence-corrected chi connectivity index (χ4v) is 3.31. The standard InChI is InChI=1S/C17H24N2OS/c1-5-13-11-18-17(21-13)12(3)19-15(6-2)14-9-7-8-10-16(14)20-4/h7-12,15,19H,5-6H2,1-4H3. The zero-order valence-corrected chi connectivity index (χ0v) is 14.0. The molecule has 0 spiro atoms. The van der Waals surface area contributed by atoms with Gasteiger partial charge in [-0.2, -0.15) is 0 Å². The first-order chi connectivity index (χ1) is 10.2. The first-order valence-electron chi connectivity index (χ1n) is 7.53. The van der Waals surface area contributed by atoms with Crippen LogP contribution in [0.5, 0.6) is 5.75 Å². The number of rotatable bonds is 7. The van der Waals surface area contributed by atoms with Crippen molar-refractivity contribution in [2.45, 2.75) is 45.7 Å². The summed E-state index contributed by atoms with van der Waals surface area (Å²) in [5.41, 5.74) is 1.21. The largest absolute Gasteiger partial charge is 0.496 e. The van der Waals surface area contributed by atoms with Crippen LogP contribution in [-0.2, 0) is 6.42 Å². The summed E-state index contributed by atoms with van der Waals surface area (Å²) < 4.78 is 5.48. The van der Waals surface area contributed by atoms with Crippen LogP contribution in [0, 0.1) is 0 Å². The van der Waals surface area contributed by atoms with E-state index in [1.54, 1.807) is 18.4 Å². The van der Waals surface area contributed by atoms with Crippen LogP contribution in [0.4, 0.5) is 0 Å². The molecule has 1 aromatic heterocycles. The van der Waals surface area contributed by atoms with Crippen molar-refractivity contribution in [3.05, 3.63) is 45.9 Å². The van der Waals surface area contributed by atoms with E-state index in [9.17, 15) is 0 Å². The normalized spacial score (nSPS) is 13.9. The van der Waals surface area contributed by atoms with Gasteiger partial charge >= 0.3 is 0 Å². The summed E-state index contributed by atoms with van der Waals surface area (Å²) in [6.07, 6.45) is 4.05. The molecule has 2 rings (SSSR count). The monoisotopic (exact) mass is 304 g/mol. The minimum Gasteiger partial charge on any atom is -0.496 e. The van der Waals surface area contributed by atoms with Gasteiger partial charge in [0, 0.05) is 22.7 Å². The van der Waals surface area contributed by atoms with Crippen LogP contribution >= 0.6 is 11.3 Å². The Labute approximate surface area is 131 Å². The zero-order chi connectivity index (χ0) is 15.2. The Hall–Kier alpha value is -1.39. The molecule has 0 aliphatic rings. The third-order valence-corrected chi connectivity index (χ3v) is 4.99. The third kappa shape index (κ3) is 3.83. The molecule has 1 aromatic carbocycles. The van der Waals surface area contributed by atoms with Crippen molar-refractivity contribution in [1.29, 1.82) is 0 Å². The molecule has 3 nitrogen and oxygen atoms in total. The number of methoxy groups -OCH3 is 1. The summed E-state index contributed by atoms with van der Waals surface area (Å²) >= 11 is 1.79. The van der Waals surface area contributed by atoms with E-state index in [-0.39, 0.29) is 12.1 Å². The molecule has 0 amide bonds. The fraction of sp³-hybridized carbons (Fsp3) is 0.471. The Morgan fingerprint density at radius 3 is 2.67 bits per heavy atom. The summed E-state index contributed by atoms with van der Waals surface area (Å²) in [6, 6.07) is 8.73. The topological polar surface area (TPSA) is 34.2 Å². The Bertz CT molecular complexity index is 567. The van der Waals surface area contributed by atoms with Crippen molar-refractivity contribution in [3.63, 3.8) is 0 Å². The first-order valence-corrected chi connectivity index (χ1v) is 8.34. The average Bonchev–Trinajstić information content (AvgIpc) is 3.01. The molecule has 1 heterocycles. The molecular formula is C17H24N2OS. The zero-order valence-electron chi connectivity index (χ0n) is 13.2. The molecule has 2 atom stereocenters. The van der Waals surface area contributed by atoms with E-state index in [1.807, 2.05) is 18.3 Å². The smallest absolute Gasteiger partial charge is 0.123 e. The van der Waals surface area contributed by atoms with Crippen molar-refractivity contribution in [1.82, 2.24) is 10.3 Å². The highest BCUT2D eigenvalue weighted by molar-refractivity contribution is 7.11. The van der Waals surface area contributed by atoms with Crippen LogP contribution in [0.2, 0.25) is 0 Å². The van der Waals surface area contributed by atoms with Crippen LogP contribution in [0.25, 0.3) is 0 Å². The van der Waals surface area contributed by atoms with Crippen LogP contribution < -0.4 is 10.1 Å². The van der Waals surface area contributed by atoms with Crippen molar-refractivity contribution < 1.29 is 4.74 Å². The Morgan fingerprint density at radius 1 is 1.29 bits per heavy atom. The number of ether oxygens (including phenoxy) is 1. The molecule has 0 saturated carbocycles. The summed E-state index contributed by atoms with van der Waals surface area (Å²) in [5.74, 6) is 0.942. The summed E-state index contributed by atoms with van der Waals surface area (Å²) in [5, 5.41) is 4.83. The molecule has 0 saturated heterocycles. The Balaban J connectivity index is 2.14. The van der Waals surface area contributed by atoms with Gasteiger partial charge in [-0.05, 0) is 25.8 Å². The first kappa shape index (κ1) is 16.0. The van der Waals surface area contributed by atoms with E-state index in [0.717, 1.165) is 23.6 Å². The second-order valence-corrected chi connectivity index (χ2v) is 6.26. The van der Waals surface area contributed by atoms with Gasteiger partial charge < -0.3 is 10.1 Å². The van der Waals surface area contributed by atoms with E-state index < -0.39 is 0 Å². The maximum Gasteiger partial charge on any atom is 0.123 e. The third-order valence-electron chi connectivity index (χ3n) is 3.66. The maximum absolute atomic E-state index is 5.48. The van der Waals surface area contributed by atoms with Crippen LogP contribution in [0.1, 0.15) is 54.7 Å². The summed E-state index contributed by atoms with van der Waals surface area (Å²) in [4.78, 5) is 5.87. The van der Waals surface area contributed by atoms with Crippen molar-refractivity contribution in [2.75, 3.05) is 7.11 Å². The molecule has 0 fully saturated rings. The van der Waals surface area contributed by atoms with Gasteiger partial charge in [0.15, 0.2) is 0 Å². The molecule has 4 heteroatoms. The van der Waals surface area contributed by atoms with Crippen molar-refractivity contribution in [3.8, 4) is 5.75 Å². The fourth-order valence-electron chi connectivity index (χ4n) is 2.44. The SMILES string of the molecule is CCc1cnc(C(C)NC(CC)c2ccccc2OC)s1. The maximum atomic E-state index is 5.48. The number of para-hydroxylation sites is 1. The molecule has 0 aliphatic heterocycles. The van der Waals surface area contributed by atoms with E-state index in [1.165, 1.54) is 10.4 Å². The minimum absolute atomic E-state index is 0.241. The van der Waals surface area contributed by atoms with E-state index >= 15 is 0 Å². The number of aryl methyl sites for hydroxylation is 1. The molecule has 2 aromatic rings. The van der Waals surface area contributed by atoms with Gasteiger partial charge in [0.05, 0.1) is 13.2 Å². The number of benzene rings is 1. The number of hydrogen-bond donors (Lipinski definition) is 1. The van der Waals surface area contributed by atoms with Gasteiger partial charge in [0.25, 0.3) is 0 Å². The average molecular weight is 304 g/mol. The number of hydrogen-bond acceptors (Lipinski definition) is 4. The Morgan fingerprint density at radius 2 is 2.05 bits per heavy atom. The summed E-state index contributed by atoms with van der Waals surface area (Å²) in [7, 11) is 1.73. The quantitative estimate of drug-likeness (QED) is 0.817. The van der Waals surface area contributed by atoms with Gasteiger partial charge in [0.2, 0.25) is 0 Å². The molecular weight excluding hydrogens is 280 g/mol. The molecule has 0 bridgehead atoms. The minimum atomic E-state index is 0.241. The van der Waals surface area contributed by atoms with Crippen LogP contribution in [0.15, 0.2) is 30.5 Å². The predicted octanol–water partition coefficient (Wildman–Crippen LogP) is 4.52. The lowest BCUT2D eigenvalue weighted by molar-refractivity contribution is 0.388. The van der Waals surface area contributed by atoms with Gasteiger partial charge in [-0.1, -0.05) is 32.0 Å². The van der Waals surface area contributed by atoms with E-state index in [2.05, 4.69) is 43.2 Å². The molecule has 0 aliphatic carbocycles. The molecule has 0 radical (unpaired) electrons. The molecule has 1 N–H and O–H groups in total. The lowest BCUT2D eigenvalue weighted by atomic mass is 10.0. The lowest BCUT2D eigenvalue weighted by Crippen LogP contribution is -2.24. The lowest BCUT2D eigenvalue weighted by Gasteiger charge is -2.23. The van der Waals surface area contributed by atoms with E-state index in [4.69, 9.17) is 4.74 Å². The number of aromatic nitrogens is 1. The van der Waals surface area contributed by atoms with Gasteiger partial charge in [0.1, 0.15) is 10.8 Å². The summed E-state index contributed by atoms with van der Waals surface area (Å²) in [6.45, 7) is 6.53. The van der Waals surface area contributed by atoms with Crippen molar-refractivity contribution >= 4 is 11.3 Å². The number of thiazole rings is 1. The van der Waals surface area contributed by atoms with Crippen molar-refractivity contribution in [2.24, 2.45) is 0 Å². The highest BCUT2D eigenvalue weighted by atomic mass is 32.1. The van der Waals surface area contributed by atoms with Gasteiger partial charge in [-0.25, -0.2) is 4.98 Å². The number of nitrogens with one attached hydrogen (secondary N) is 1. The predicted molar refractivity (Wildman–Crippen MR) is 89.1 cm³/mol. The molecule has 114 valence electrons. The second kappa shape index (κ2) is 7.57. The van der Waals surface area contributed by atoms with Gasteiger partial charge in [-0.15, -0.1) is 11.3 Å².